The van der Waals surface area contributed by atoms with Crippen molar-refractivity contribution in [1.29, 1.82) is 0 Å². The molecule has 0 aromatic heterocycles. The van der Waals surface area contributed by atoms with Gasteiger partial charge in [0.25, 0.3) is 17.5 Å². The highest BCUT2D eigenvalue weighted by atomic mass is 16.6. The van der Waals surface area contributed by atoms with E-state index < -0.39 is 29.3 Å². The number of imide groups is 1. The Morgan fingerprint density at radius 1 is 1.07 bits per heavy atom. The summed E-state index contributed by atoms with van der Waals surface area (Å²) >= 11 is 0. The molecule has 0 saturated carbocycles. The number of hydrogen-bond donors (Lipinski definition) is 1. The number of nitro groups is 1. The lowest BCUT2D eigenvalue weighted by atomic mass is 10.1. The Balaban J connectivity index is 2.00. The minimum atomic E-state index is -0.906. The summed E-state index contributed by atoms with van der Waals surface area (Å²) < 4.78 is 9.88. The molecule has 0 radical (unpaired) electrons. The molecule has 0 aliphatic heterocycles. The number of nitrogens with zero attached hydrogens (tertiary/aromatic N) is 1. The summed E-state index contributed by atoms with van der Waals surface area (Å²) in [6.45, 7) is 0.682. The summed E-state index contributed by atoms with van der Waals surface area (Å²) in [7, 11) is 1.39. The van der Waals surface area contributed by atoms with Crippen molar-refractivity contribution in [3.8, 4) is 5.75 Å². The molecule has 0 bridgehead atoms. The first-order valence-electron chi connectivity index (χ1n) is 7.73. The minimum Gasteiger partial charge on any atom is -0.496 e. The molecular weight excluding hydrogens is 356 g/mol. The lowest BCUT2D eigenvalue weighted by molar-refractivity contribution is -0.385. The number of hydrogen-bond acceptors (Lipinski definition) is 7. The van der Waals surface area contributed by atoms with Crippen molar-refractivity contribution in [3.63, 3.8) is 0 Å². The average molecular weight is 372 g/mol. The number of ether oxygens (including phenoxy) is 2. The van der Waals surface area contributed by atoms with Gasteiger partial charge in [0.2, 0.25) is 0 Å². The van der Waals surface area contributed by atoms with Crippen LogP contribution in [0.15, 0.2) is 42.5 Å². The van der Waals surface area contributed by atoms with E-state index in [-0.39, 0.29) is 28.1 Å². The maximum atomic E-state index is 12.1. The van der Waals surface area contributed by atoms with E-state index in [2.05, 4.69) is 5.32 Å². The van der Waals surface area contributed by atoms with Crippen molar-refractivity contribution in [1.82, 2.24) is 5.32 Å². The van der Waals surface area contributed by atoms with Crippen LogP contribution >= 0.6 is 0 Å². The Morgan fingerprint density at radius 2 is 1.74 bits per heavy atom. The summed E-state index contributed by atoms with van der Waals surface area (Å²) in [6, 6.07) is 10.2. The molecule has 0 saturated heterocycles. The van der Waals surface area contributed by atoms with Crippen molar-refractivity contribution in [2.24, 2.45) is 0 Å². The summed E-state index contributed by atoms with van der Waals surface area (Å²) in [5, 5.41) is 13.0. The predicted octanol–water partition coefficient (Wildman–Crippen LogP) is 2.03. The van der Waals surface area contributed by atoms with Gasteiger partial charge in [0.1, 0.15) is 5.75 Å². The van der Waals surface area contributed by atoms with E-state index in [1.807, 2.05) is 0 Å². The van der Waals surface area contributed by atoms with E-state index in [4.69, 9.17) is 9.47 Å². The van der Waals surface area contributed by atoms with Crippen LogP contribution in [0, 0.1) is 17.0 Å². The van der Waals surface area contributed by atoms with Crippen LogP contribution in [-0.4, -0.2) is 36.4 Å². The molecule has 0 unspecified atom stereocenters. The highest BCUT2D eigenvalue weighted by Gasteiger charge is 2.20. The van der Waals surface area contributed by atoms with Crippen molar-refractivity contribution in [2.45, 2.75) is 6.92 Å². The van der Waals surface area contributed by atoms with Crippen LogP contribution in [0.5, 0.6) is 5.75 Å². The Hall–Kier alpha value is -3.75. The third-order valence-corrected chi connectivity index (χ3v) is 3.66. The normalized spacial score (nSPS) is 10.0. The Bertz CT molecular complexity index is 908. The molecule has 9 nitrogen and oxygen atoms in total. The van der Waals surface area contributed by atoms with Crippen LogP contribution in [-0.2, 0) is 9.53 Å². The first-order chi connectivity index (χ1) is 12.8. The molecule has 0 heterocycles. The molecule has 2 aromatic carbocycles. The second-order valence-electron chi connectivity index (χ2n) is 5.36. The van der Waals surface area contributed by atoms with E-state index >= 15 is 0 Å². The Morgan fingerprint density at radius 3 is 2.41 bits per heavy atom. The van der Waals surface area contributed by atoms with Crippen LogP contribution in [0.1, 0.15) is 26.3 Å². The van der Waals surface area contributed by atoms with E-state index in [9.17, 15) is 24.5 Å². The minimum absolute atomic E-state index is 0.0342. The molecule has 1 N–H and O–H groups in total. The standard InChI is InChI=1S/C18H16N2O7/c1-11-12(7-5-8-14(11)20(24)25)18(23)27-10-16(21)19-17(22)13-6-3-4-9-15(13)26-2/h3-9H,10H2,1-2H3,(H,19,21,22). The number of amides is 2. The fourth-order valence-corrected chi connectivity index (χ4v) is 2.31. The molecule has 2 amide bonds. The van der Waals surface area contributed by atoms with Crippen molar-refractivity contribution < 1.29 is 28.8 Å². The van der Waals surface area contributed by atoms with Crippen molar-refractivity contribution in [2.75, 3.05) is 13.7 Å². The van der Waals surface area contributed by atoms with Gasteiger partial charge in [0, 0.05) is 11.6 Å². The van der Waals surface area contributed by atoms with Gasteiger partial charge in [-0.2, -0.15) is 0 Å². The highest BCUT2D eigenvalue weighted by molar-refractivity contribution is 6.07. The van der Waals surface area contributed by atoms with Crippen LogP contribution in [0.25, 0.3) is 0 Å². The average Bonchev–Trinajstić information content (AvgIpc) is 2.65. The quantitative estimate of drug-likeness (QED) is 0.467. The first-order valence-corrected chi connectivity index (χ1v) is 7.73. The summed E-state index contributed by atoms with van der Waals surface area (Å²) in [4.78, 5) is 46.3. The van der Waals surface area contributed by atoms with Gasteiger partial charge in [-0.15, -0.1) is 0 Å². The molecule has 0 aliphatic rings. The highest BCUT2D eigenvalue weighted by Crippen LogP contribution is 2.21. The molecule has 9 heteroatoms. The van der Waals surface area contributed by atoms with Gasteiger partial charge in [-0.05, 0) is 25.1 Å². The lowest BCUT2D eigenvalue weighted by Crippen LogP contribution is -2.34. The maximum Gasteiger partial charge on any atom is 0.339 e. The van der Waals surface area contributed by atoms with Gasteiger partial charge in [0.05, 0.1) is 23.2 Å². The number of esters is 1. The van der Waals surface area contributed by atoms with Gasteiger partial charge >= 0.3 is 5.97 Å². The zero-order chi connectivity index (χ0) is 20.0. The number of carbonyl (C=O) groups excluding carboxylic acids is 3. The zero-order valence-electron chi connectivity index (χ0n) is 14.6. The fraction of sp³-hybridized carbons (Fsp3) is 0.167. The summed E-state index contributed by atoms with van der Waals surface area (Å²) in [5.74, 6) is -2.18. The molecule has 0 fully saturated rings. The lowest BCUT2D eigenvalue weighted by Gasteiger charge is -2.09. The largest absolute Gasteiger partial charge is 0.496 e. The van der Waals surface area contributed by atoms with Gasteiger partial charge in [-0.1, -0.05) is 18.2 Å². The second-order valence-corrected chi connectivity index (χ2v) is 5.36. The molecule has 0 spiro atoms. The summed E-state index contributed by atoms with van der Waals surface area (Å²) in [5.41, 5.74) is 0.000480. The summed E-state index contributed by atoms with van der Waals surface area (Å²) in [6.07, 6.45) is 0. The van der Waals surface area contributed by atoms with Gasteiger partial charge in [0.15, 0.2) is 6.61 Å². The number of nitro benzene ring substituents is 1. The second kappa shape index (κ2) is 8.56. The van der Waals surface area contributed by atoms with E-state index in [0.29, 0.717) is 0 Å². The molecule has 140 valence electrons. The molecular formula is C18H16N2O7. The predicted molar refractivity (Wildman–Crippen MR) is 93.6 cm³/mol. The van der Waals surface area contributed by atoms with Crippen LogP contribution in [0.2, 0.25) is 0 Å². The molecule has 27 heavy (non-hydrogen) atoms. The number of nitrogens with one attached hydrogen (secondary N) is 1. The SMILES string of the molecule is COc1ccccc1C(=O)NC(=O)COC(=O)c1cccc([N+](=O)[O-])c1C. The zero-order valence-corrected chi connectivity index (χ0v) is 14.6. The van der Waals surface area contributed by atoms with Crippen molar-refractivity contribution >= 4 is 23.5 Å². The molecule has 0 aliphatic carbocycles. The molecule has 2 aromatic rings. The van der Waals surface area contributed by atoms with E-state index in [1.54, 1.807) is 18.2 Å². The topological polar surface area (TPSA) is 125 Å². The number of methoxy groups -OCH3 is 1. The number of rotatable bonds is 6. The Labute approximate surface area is 154 Å². The van der Waals surface area contributed by atoms with E-state index in [0.717, 1.165) is 0 Å². The number of carbonyl (C=O) groups is 3. The third-order valence-electron chi connectivity index (χ3n) is 3.66. The first kappa shape index (κ1) is 19.6. The van der Waals surface area contributed by atoms with Crippen molar-refractivity contribution in [3.05, 3.63) is 69.3 Å². The Kier molecular flexibility index (Phi) is 6.21. The van der Waals surface area contributed by atoms with Crippen LogP contribution in [0.3, 0.4) is 0 Å². The smallest absolute Gasteiger partial charge is 0.339 e. The van der Waals surface area contributed by atoms with Gasteiger partial charge < -0.3 is 9.47 Å². The number of benzene rings is 2. The molecule has 2 rings (SSSR count). The van der Waals surface area contributed by atoms with Crippen LogP contribution < -0.4 is 10.1 Å². The van der Waals surface area contributed by atoms with E-state index in [1.165, 1.54) is 38.3 Å². The monoisotopic (exact) mass is 372 g/mol. The number of para-hydroxylation sites is 1. The maximum absolute atomic E-state index is 12.1. The van der Waals surface area contributed by atoms with Crippen LogP contribution in [0.4, 0.5) is 5.69 Å². The molecule has 0 atom stereocenters. The fourth-order valence-electron chi connectivity index (χ4n) is 2.31. The van der Waals surface area contributed by atoms with Gasteiger partial charge in [-0.3, -0.25) is 25.0 Å². The third kappa shape index (κ3) is 4.66. The van der Waals surface area contributed by atoms with Gasteiger partial charge in [-0.25, -0.2) is 4.79 Å².